The van der Waals surface area contributed by atoms with Gasteiger partial charge < -0.3 is 9.64 Å². The summed E-state index contributed by atoms with van der Waals surface area (Å²) in [4.78, 5) is 25.9. The van der Waals surface area contributed by atoms with Crippen molar-refractivity contribution in [1.82, 2.24) is 4.90 Å². The molecule has 0 atom stereocenters. The SMILES string of the molecule is COC(=O)CCN(Cc1ccccc1)C(=O)c1cc(Br)ccc1Cl. The molecule has 0 heterocycles. The second kappa shape index (κ2) is 8.85. The van der Waals surface area contributed by atoms with Crippen LogP contribution in [0.3, 0.4) is 0 Å². The first-order valence-corrected chi connectivity index (χ1v) is 8.53. The van der Waals surface area contributed by atoms with Gasteiger partial charge in [-0.2, -0.15) is 0 Å². The van der Waals surface area contributed by atoms with Gasteiger partial charge in [0.05, 0.1) is 24.1 Å². The molecular weight excluding hydrogens is 394 g/mol. The van der Waals surface area contributed by atoms with Crippen molar-refractivity contribution in [2.75, 3.05) is 13.7 Å². The van der Waals surface area contributed by atoms with Gasteiger partial charge in [0.15, 0.2) is 0 Å². The summed E-state index contributed by atoms with van der Waals surface area (Å²) in [5.74, 6) is -0.588. The molecule has 0 aliphatic rings. The van der Waals surface area contributed by atoms with E-state index in [0.717, 1.165) is 10.0 Å². The zero-order chi connectivity index (χ0) is 17.5. The van der Waals surface area contributed by atoms with Gasteiger partial charge in [0.2, 0.25) is 0 Å². The van der Waals surface area contributed by atoms with Crippen LogP contribution in [0.15, 0.2) is 53.0 Å². The molecule has 0 aliphatic carbocycles. The Morgan fingerprint density at radius 2 is 1.88 bits per heavy atom. The summed E-state index contributed by atoms with van der Waals surface area (Å²) in [5, 5.41) is 0.374. The van der Waals surface area contributed by atoms with Gasteiger partial charge in [-0.3, -0.25) is 9.59 Å². The van der Waals surface area contributed by atoms with Crippen LogP contribution >= 0.6 is 27.5 Å². The molecular formula is C18H17BrClNO3. The van der Waals surface area contributed by atoms with Crippen molar-refractivity contribution in [2.45, 2.75) is 13.0 Å². The number of carbonyl (C=O) groups excluding carboxylic acids is 2. The topological polar surface area (TPSA) is 46.6 Å². The molecule has 0 N–H and O–H groups in total. The minimum absolute atomic E-state index is 0.126. The van der Waals surface area contributed by atoms with Gasteiger partial charge in [-0.05, 0) is 23.8 Å². The summed E-state index contributed by atoms with van der Waals surface area (Å²) in [6.45, 7) is 0.642. The van der Waals surface area contributed by atoms with Crippen molar-refractivity contribution in [1.29, 1.82) is 0 Å². The van der Waals surface area contributed by atoms with E-state index in [1.807, 2.05) is 30.3 Å². The molecule has 2 aromatic rings. The predicted molar refractivity (Wildman–Crippen MR) is 97.0 cm³/mol. The molecule has 2 aromatic carbocycles. The van der Waals surface area contributed by atoms with Gasteiger partial charge in [-0.15, -0.1) is 0 Å². The van der Waals surface area contributed by atoms with Crippen molar-refractivity contribution in [2.24, 2.45) is 0 Å². The molecule has 4 nitrogen and oxygen atoms in total. The molecule has 126 valence electrons. The molecule has 0 aromatic heterocycles. The molecule has 24 heavy (non-hydrogen) atoms. The molecule has 0 unspecified atom stereocenters. The number of hydrogen-bond acceptors (Lipinski definition) is 3. The van der Waals surface area contributed by atoms with Crippen LogP contribution < -0.4 is 0 Å². The second-order valence-electron chi connectivity index (χ2n) is 5.16. The summed E-state index contributed by atoms with van der Waals surface area (Å²) in [5.41, 5.74) is 1.37. The van der Waals surface area contributed by atoms with E-state index in [1.165, 1.54) is 7.11 Å². The number of amides is 1. The average Bonchev–Trinajstić information content (AvgIpc) is 2.60. The maximum Gasteiger partial charge on any atom is 0.307 e. The smallest absolute Gasteiger partial charge is 0.307 e. The average molecular weight is 411 g/mol. The third kappa shape index (κ3) is 5.08. The van der Waals surface area contributed by atoms with Crippen molar-refractivity contribution < 1.29 is 14.3 Å². The third-order valence-electron chi connectivity index (χ3n) is 3.48. The lowest BCUT2D eigenvalue weighted by Gasteiger charge is -2.23. The number of halogens is 2. The van der Waals surface area contributed by atoms with Gasteiger partial charge in [-0.25, -0.2) is 0 Å². The van der Waals surface area contributed by atoms with E-state index >= 15 is 0 Å². The highest BCUT2D eigenvalue weighted by Crippen LogP contribution is 2.23. The predicted octanol–water partition coefficient (Wildman–Crippen LogP) is 4.31. The lowest BCUT2D eigenvalue weighted by Crippen LogP contribution is -2.33. The van der Waals surface area contributed by atoms with E-state index in [4.69, 9.17) is 11.6 Å². The van der Waals surface area contributed by atoms with Gasteiger partial charge in [0, 0.05) is 17.6 Å². The molecule has 1 amide bonds. The molecule has 0 spiro atoms. The van der Waals surface area contributed by atoms with Crippen LogP contribution in [0.2, 0.25) is 5.02 Å². The Hall–Kier alpha value is -1.85. The second-order valence-corrected chi connectivity index (χ2v) is 6.49. The third-order valence-corrected chi connectivity index (χ3v) is 4.30. The summed E-state index contributed by atoms with van der Waals surface area (Å²) in [7, 11) is 1.33. The number of ether oxygens (including phenoxy) is 1. The number of hydrogen-bond donors (Lipinski definition) is 0. The Bertz CT molecular complexity index is 721. The zero-order valence-electron chi connectivity index (χ0n) is 13.2. The first-order valence-electron chi connectivity index (χ1n) is 7.36. The molecule has 0 fully saturated rings. The minimum atomic E-state index is -0.360. The Kier molecular flexibility index (Phi) is 6.82. The van der Waals surface area contributed by atoms with Crippen LogP contribution in [-0.4, -0.2) is 30.4 Å². The van der Waals surface area contributed by atoms with Crippen LogP contribution in [0.5, 0.6) is 0 Å². The first-order chi connectivity index (χ1) is 11.5. The molecule has 0 saturated heterocycles. The van der Waals surface area contributed by atoms with Gasteiger partial charge >= 0.3 is 5.97 Å². The quantitative estimate of drug-likeness (QED) is 0.667. The fourth-order valence-corrected chi connectivity index (χ4v) is 2.78. The highest BCUT2D eigenvalue weighted by atomic mass is 79.9. The largest absolute Gasteiger partial charge is 0.469 e. The zero-order valence-corrected chi connectivity index (χ0v) is 15.5. The van der Waals surface area contributed by atoms with Crippen LogP contribution in [-0.2, 0) is 16.1 Å². The molecule has 0 aliphatic heterocycles. The first kappa shape index (κ1) is 18.5. The van der Waals surface area contributed by atoms with Crippen molar-refractivity contribution in [3.05, 3.63) is 69.2 Å². The highest BCUT2D eigenvalue weighted by molar-refractivity contribution is 9.10. The van der Waals surface area contributed by atoms with E-state index in [-0.39, 0.29) is 24.8 Å². The lowest BCUT2D eigenvalue weighted by molar-refractivity contribution is -0.140. The normalized spacial score (nSPS) is 10.3. The fourth-order valence-electron chi connectivity index (χ4n) is 2.22. The monoisotopic (exact) mass is 409 g/mol. The van der Waals surface area contributed by atoms with E-state index in [0.29, 0.717) is 17.1 Å². The Morgan fingerprint density at radius 3 is 2.54 bits per heavy atom. The van der Waals surface area contributed by atoms with Crippen molar-refractivity contribution in [3.8, 4) is 0 Å². The van der Waals surface area contributed by atoms with Crippen LogP contribution in [0.4, 0.5) is 0 Å². The van der Waals surface area contributed by atoms with Crippen LogP contribution in [0.1, 0.15) is 22.3 Å². The van der Waals surface area contributed by atoms with Crippen molar-refractivity contribution in [3.63, 3.8) is 0 Å². The van der Waals surface area contributed by atoms with Crippen LogP contribution in [0, 0.1) is 0 Å². The number of benzene rings is 2. The standard InChI is InChI=1S/C18H17BrClNO3/c1-24-17(22)9-10-21(12-13-5-3-2-4-6-13)18(23)15-11-14(19)7-8-16(15)20/h2-8,11H,9-10,12H2,1H3. The maximum atomic E-state index is 12.9. The molecule has 0 radical (unpaired) electrons. The molecule has 0 saturated carbocycles. The number of esters is 1. The summed E-state index contributed by atoms with van der Waals surface area (Å²) in [6.07, 6.45) is 0.126. The maximum absolute atomic E-state index is 12.9. The van der Waals surface area contributed by atoms with Gasteiger partial charge in [0.25, 0.3) is 5.91 Å². The van der Waals surface area contributed by atoms with E-state index in [2.05, 4.69) is 20.7 Å². The highest BCUT2D eigenvalue weighted by Gasteiger charge is 2.20. The van der Waals surface area contributed by atoms with Crippen LogP contribution in [0.25, 0.3) is 0 Å². The Morgan fingerprint density at radius 1 is 1.17 bits per heavy atom. The van der Waals surface area contributed by atoms with E-state index in [9.17, 15) is 9.59 Å². The summed E-state index contributed by atoms with van der Waals surface area (Å²) >= 11 is 9.52. The summed E-state index contributed by atoms with van der Waals surface area (Å²) < 4.78 is 5.44. The van der Waals surface area contributed by atoms with Crippen molar-refractivity contribution >= 4 is 39.4 Å². The summed E-state index contributed by atoms with van der Waals surface area (Å²) in [6, 6.07) is 14.7. The van der Waals surface area contributed by atoms with Gasteiger partial charge in [0.1, 0.15) is 0 Å². The lowest BCUT2D eigenvalue weighted by atomic mass is 10.1. The van der Waals surface area contributed by atoms with E-state index in [1.54, 1.807) is 23.1 Å². The van der Waals surface area contributed by atoms with Gasteiger partial charge in [-0.1, -0.05) is 57.9 Å². The van der Waals surface area contributed by atoms with E-state index < -0.39 is 0 Å². The number of carbonyl (C=O) groups is 2. The molecule has 2 rings (SSSR count). The minimum Gasteiger partial charge on any atom is -0.469 e. The number of nitrogens with zero attached hydrogens (tertiary/aromatic N) is 1. The Labute approximate surface area is 154 Å². The Balaban J connectivity index is 2.24. The molecule has 0 bridgehead atoms. The molecule has 6 heteroatoms. The fraction of sp³-hybridized carbons (Fsp3) is 0.222. The number of methoxy groups -OCH3 is 1. The number of rotatable bonds is 6.